The Morgan fingerprint density at radius 1 is 1.43 bits per heavy atom. The molecule has 0 aliphatic heterocycles. The summed E-state index contributed by atoms with van der Waals surface area (Å²) >= 11 is 0. The van der Waals surface area contributed by atoms with Crippen LogP contribution in [0.5, 0.6) is 0 Å². The van der Waals surface area contributed by atoms with Gasteiger partial charge in [-0.3, -0.25) is 4.79 Å². The number of Topliss-reactive ketones (excluding diaryl/α,β-unsaturated/α-hetero) is 1. The Kier molecular flexibility index (Phi) is 3.52. The summed E-state index contributed by atoms with van der Waals surface area (Å²) < 4.78 is 0. The van der Waals surface area contributed by atoms with Crippen molar-refractivity contribution < 1.29 is 4.79 Å². The van der Waals surface area contributed by atoms with E-state index in [0.29, 0.717) is 11.7 Å². The van der Waals surface area contributed by atoms with Crippen LogP contribution in [-0.2, 0) is 4.79 Å². The molecule has 14 heavy (non-hydrogen) atoms. The van der Waals surface area contributed by atoms with Crippen LogP contribution in [-0.4, -0.2) is 5.78 Å². The smallest absolute Gasteiger partial charge is 0.134 e. The summed E-state index contributed by atoms with van der Waals surface area (Å²) in [6.45, 7) is 8.29. The van der Waals surface area contributed by atoms with Gasteiger partial charge in [0.05, 0.1) is 0 Å². The highest BCUT2D eigenvalue weighted by molar-refractivity contribution is 5.83. The maximum absolute atomic E-state index is 11.3. The predicted octanol–water partition coefficient (Wildman–Crippen LogP) is 3.59. The Hall–Kier alpha value is -0.590. The van der Waals surface area contributed by atoms with Gasteiger partial charge in [-0.2, -0.15) is 0 Å². The lowest BCUT2D eigenvalue weighted by molar-refractivity contribution is -0.118. The number of rotatable bonds is 5. The van der Waals surface area contributed by atoms with Crippen LogP contribution in [0.15, 0.2) is 12.2 Å². The molecule has 2 unspecified atom stereocenters. The van der Waals surface area contributed by atoms with Gasteiger partial charge in [-0.25, -0.2) is 0 Å². The van der Waals surface area contributed by atoms with Gasteiger partial charge in [-0.05, 0) is 24.7 Å². The number of carbonyl (C=O) groups is 1. The van der Waals surface area contributed by atoms with Gasteiger partial charge in [0.15, 0.2) is 0 Å². The molecular weight excluding hydrogens is 172 g/mol. The third kappa shape index (κ3) is 2.26. The number of allylic oxidation sites excluding steroid dienone is 2. The van der Waals surface area contributed by atoms with Gasteiger partial charge in [0.25, 0.3) is 0 Å². The molecule has 0 aromatic rings. The molecule has 0 aromatic carbocycles. The Balaban J connectivity index is 2.41. The molecule has 1 fully saturated rings. The van der Waals surface area contributed by atoms with Gasteiger partial charge in [0.1, 0.15) is 5.78 Å². The largest absolute Gasteiger partial charge is 0.300 e. The van der Waals surface area contributed by atoms with E-state index in [1.165, 1.54) is 12.8 Å². The highest BCUT2D eigenvalue weighted by atomic mass is 16.1. The molecule has 1 nitrogen and oxygen atoms in total. The lowest BCUT2D eigenvalue weighted by Gasteiger charge is -1.97. The Labute approximate surface area is 87.6 Å². The second-order valence-corrected chi connectivity index (χ2v) is 5.01. The van der Waals surface area contributed by atoms with E-state index in [1.807, 2.05) is 0 Å². The van der Waals surface area contributed by atoms with Crippen LogP contribution in [0.3, 0.4) is 0 Å². The van der Waals surface area contributed by atoms with E-state index in [2.05, 4.69) is 32.9 Å². The fraction of sp³-hybridized carbons (Fsp3) is 0.769. The number of ketones is 1. The van der Waals surface area contributed by atoms with Crippen LogP contribution in [0.1, 0.15) is 47.0 Å². The van der Waals surface area contributed by atoms with Gasteiger partial charge in [-0.15, -0.1) is 0 Å². The first kappa shape index (κ1) is 11.5. The zero-order valence-corrected chi connectivity index (χ0v) is 9.84. The fourth-order valence-electron chi connectivity index (χ4n) is 2.38. The minimum Gasteiger partial charge on any atom is -0.300 e. The van der Waals surface area contributed by atoms with Gasteiger partial charge >= 0.3 is 0 Å². The zero-order valence-electron chi connectivity index (χ0n) is 9.84. The topological polar surface area (TPSA) is 17.1 Å². The van der Waals surface area contributed by atoms with E-state index in [1.54, 1.807) is 6.92 Å². The average molecular weight is 194 g/mol. The maximum atomic E-state index is 11.3. The molecule has 80 valence electrons. The summed E-state index contributed by atoms with van der Waals surface area (Å²) in [6.07, 6.45) is 8.16. The predicted molar refractivity (Wildman–Crippen MR) is 60.1 cm³/mol. The molecule has 0 heterocycles. The van der Waals surface area contributed by atoms with E-state index < -0.39 is 0 Å². The monoisotopic (exact) mass is 194 g/mol. The molecule has 0 spiro atoms. The summed E-state index contributed by atoms with van der Waals surface area (Å²) in [5.74, 6) is 1.12. The first-order chi connectivity index (χ1) is 6.51. The molecule has 0 bridgehead atoms. The van der Waals surface area contributed by atoms with Gasteiger partial charge in [0.2, 0.25) is 0 Å². The number of hydrogen-bond donors (Lipinski definition) is 0. The van der Waals surface area contributed by atoms with Gasteiger partial charge < -0.3 is 0 Å². The van der Waals surface area contributed by atoms with Crippen molar-refractivity contribution in [1.29, 1.82) is 0 Å². The van der Waals surface area contributed by atoms with E-state index in [0.717, 1.165) is 6.42 Å². The van der Waals surface area contributed by atoms with Crippen molar-refractivity contribution in [3.8, 4) is 0 Å². The van der Waals surface area contributed by atoms with Crippen LogP contribution < -0.4 is 0 Å². The Bertz CT molecular complexity index is 238. The normalized spacial score (nSPS) is 29.4. The molecule has 1 aliphatic rings. The van der Waals surface area contributed by atoms with Crippen LogP contribution in [0.2, 0.25) is 0 Å². The molecule has 0 amide bonds. The number of unbranched alkanes of at least 4 members (excludes halogenated alkanes) is 2. The molecule has 2 atom stereocenters. The van der Waals surface area contributed by atoms with Crippen molar-refractivity contribution >= 4 is 5.78 Å². The fourth-order valence-corrected chi connectivity index (χ4v) is 2.38. The molecule has 0 aromatic heterocycles. The standard InChI is InChI=1S/C13H22O/c1-5-6-7-8-9-11-12(10(2)14)13(11,3)4/h8-9,11-12H,5-7H2,1-4H3. The highest BCUT2D eigenvalue weighted by Crippen LogP contribution is 2.59. The summed E-state index contributed by atoms with van der Waals surface area (Å²) in [5, 5.41) is 0. The second-order valence-electron chi connectivity index (χ2n) is 5.01. The average Bonchev–Trinajstić information content (AvgIpc) is 2.62. The molecule has 0 saturated heterocycles. The summed E-state index contributed by atoms with van der Waals surface area (Å²) in [5.41, 5.74) is 0.217. The number of hydrogen-bond acceptors (Lipinski definition) is 1. The summed E-state index contributed by atoms with van der Waals surface area (Å²) in [4.78, 5) is 11.3. The van der Waals surface area contributed by atoms with Crippen molar-refractivity contribution in [2.45, 2.75) is 47.0 Å². The van der Waals surface area contributed by atoms with Crippen LogP contribution in [0.4, 0.5) is 0 Å². The molecule has 1 rings (SSSR count). The molecule has 1 heteroatoms. The first-order valence-electron chi connectivity index (χ1n) is 5.69. The molecule has 0 N–H and O–H groups in total. The molecule has 1 saturated carbocycles. The number of carbonyl (C=O) groups excluding carboxylic acids is 1. The van der Waals surface area contributed by atoms with Crippen molar-refractivity contribution in [2.75, 3.05) is 0 Å². The zero-order chi connectivity index (χ0) is 10.8. The molecule has 1 aliphatic carbocycles. The van der Waals surface area contributed by atoms with Crippen LogP contribution in [0, 0.1) is 17.3 Å². The van der Waals surface area contributed by atoms with E-state index >= 15 is 0 Å². The summed E-state index contributed by atoms with van der Waals surface area (Å²) in [6, 6.07) is 0. The van der Waals surface area contributed by atoms with Crippen LogP contribution in [0.25, 0.3) is 0 Å². The van der Waals surface area contributed by atoms with E-state index in [9.17, 15) is 4.79 Å². The maximum Gasteiger partial charge on any atom is 0.134 e. The van der Waals surface area contributed by atoms with Gasteiger partial charge in [0, 0.05) is 5.92 Å². The quantitative estimate of drug-likeness (QED) is 0.483. The SMILES string of the molecule is CCCCC=CC1C(C(C)=O)C1(C)C. The Morgan fingerprint density at radius 3 is 2.50 bits per heavy atom. The van der Waals surface area contributed by atoms with Crippen LogP contribution >= 0.6 is 0 Å². The third-order valence-electron chi connectivity index (χ3n) is 3.42. The van der Waals surface area contributed by atoms with Crippen molar-refractivity contribution in [3.63, 3.8) is 0 Å². The lowest BCUT2D eigenvalue weighted by atomic mass is 10.1. The van der Waals surface area contributed by atoms with E-state index in [4.69, 9.17) is 0 Å². The van der Waals surface area contributed by atoms with Crippen molar-refractivity contribution in [1.82, 2.24) is 0 Å². The van der Waals surface area contributed by atoms with E-state index in [-0.39, 0.29) is 11.3 Å². The van der Waals surface area contributed by atoms with Gasteiger partial charge in [-0.1, -0.05) is 45.8 Å². The minimum atomic E-state index is 0.217. The molecule has 0 radical (unpaired) electrons. The first-order valence-corrected chi connectivity index (χ1v) is 5.69. The Morgan fingerprint density at radius 2 is 2.07 bits per heavy atom. The highest BCUT2D eigenvalue weighted by Gasteiger charge is 2.58. The van der Waals surface area contributed by atoms with Crippen molar-refractivity contribution in [2.24, 2.45) is 17.3 Å². The lowest BCUT2D eigenvalue weighted by Crippen LogP contribution is -1.99. The molecular formula is C13H22O. The minimum absolute atomic E-state index is 0.217. The third-order valence-corrected chi connectivity index (χ3v) is 3.42. The summed E-state index contributed by atoms with van der Waals surface area (Å²) in [7, 11) is 0. The second kappa shape index (κ2) is 4.29. The van der Waals surface area contributed by atoms with Crippen molar-refractivity contribution in [3.05, 3.63) is 12.2 Å².